The lowest BCUT2D eigenvalue weighted by Crippen LogP contribution is -2.37. The van der Waals surface area contributed by atoms with Crippen LogP contribution in [0.25, 0.3) is 0 Å². The van der Waals surface area contributed by atoms with Crippen molar-refractivity contribution in [2.45, 2.75) is 29.4 Å². The standard InChI is InChI=1S/C19H19Br2N3O7/c1-9-2-3-10(4-15(9)24(29)30)22-16(25)8-31-17(26)7-23-18(27)11-5-13(20)14(21)6-12(11)19(23)28/h2-4,11-14H,5-8H2,1H3,(H,22,25)/t11-,12-,13-,14+/m1/s1. The van der Waals surface area contributed by atoms with Crippen LogP contribution in [0.3, 0.4) is 0 Å². The van der Waals surface area contributed by atoms with Gasteiger partial charge >= 0.3 is 5.97 Å². The lowest BCUT2D eigenvalue weighted by atomic mass is 9.81. The van der Waals surface area contributed by atoms with E-state index in [1.165, 1.54) is 18.2 Å². The molecule has 1 aliphatic heterocycles. The molecule has 1 aromatic rings. The number of hydrogen-bond donors (Lipinski definition) is 1. The molecule has 1 saturated carbocycles. The maximum atomic E-state index is 12.6. The Morgan fingerprint density at radius 1 is 1.19 bits per heavy atom. The second-order valence-corrected chi connectivity index (χ2v) is 9.80. The van der Waals surface area contributed by atoms with Crippen molar-refractivity contribution in [2.75, 3.05) is 18.5 Å². The van der Waals surface area contributed by atoms with Crippen LogP contribution in [0.15, 0.2) is 18.2 Å². The minimum absolute atomic E-state index is 0.0543. The van der Waals surface area contributed by atoms with E-state index in [4.69, 9.17) is 4.74 Å². The van der Waals surface area contributed by atoms with Crippen LogP contribution < -0.4 is 5.32 Å². The van der Waals surface area contributed by atoms with E-state index in [2.05, 4.69) is 37.2 Å². The van der Waals surface area contributed by atoms with Gasteiger partial charge in [0.05, 0.1) is 16.8 Å². The molecular formula is C19H19Br2N3O7. The summed E-state index contributed by atoms with van der Waals surface area (Å²) in [5.74, 6) is -3.36. The topological polar surface area (TPSA) is 136 Å². The van der Waals surface area contributed by atoms with Gasteiger partial charge in [-0.15, -0.1) is 0 Å². The van der Waals surface area contributed by atoms with Crippen molar-refractivity contribution >= 4 is 66.9 Å². The molecular weight excluding hydrogens is 542 g/mol. The van der Waals surface area contributed by atoms with Crippen molar-refractivity contribution < 1.29 is 28.8 Å². The largest absolute Gasteiger partial charge is 0.454 e. The first-order valence-electron chi connectivity index (χ1n) is 9.42. The number of halogens is 2. The van der Waals surface area contributed by atoms with E-state index in [1.54, 1.807) is 6.92 Å². The van der Waals surface area contributed by atoms with Gasteiger partial charge < -0.3 is 10.1 Å². The van der Waals surface area contributed by atoms with Gasteiger partial charge in [-0.1, -0.05) is 37.9 Å². The number of likely N-dealkylation sites (tertiary alicyclic amines) is 1. The zero-order valence-electron chi connectivity index (χ0n) is 16.4. The molecule has 4 atom stereocenters. The first-order valence-corrected chi connectivity index (χ1v) is 11.3. The normalized spacial score (nSPS) is 25.2. The van der Waals surface area contributed by atoms with E-state index in [1.807, 2.05) is 0 Å². The van der Waals surface area contributed by atoms with Crippen molar-refractivity contribution in [1.29, 1.82) is 0 Å². The third kappa shape index (κ3) is 5.12. The predicted octanol–water partition coefficient (Wildman–Crippen LogP) is 2.31. The van der Waals surface area contributed by atoms with Gasteiger partial charge in [-0.3, -0.25) is 34.2 Å². The number of fused-ring (bicyclic) bond motifs is 1. The van der Waals surface area contributed by atoms with E-state index in [0.717, 1.165) is 4.90 Å². The van der Waals surface area contributed by atoms with Gasteiger partial charge in [0.2, 0.25) is 11.8 Å². The fraction of sp³-hybridized carbons (Fsp3) is 0.474. The molecule has 12 heteroatoms. The van der Waals surface area contributed by atoms with E-state index in [-0.39, 0.29) is 21.0 Å². The summed E-state index contributed by atoms with van der Waals surface area (Å²) in [6, 6.07) is 4.17. The average Bonchev–Trinajstić information content (AvgIpc) is 2.92. The summed E-state index contributed by atoms with van der Waals surface area (Å²) in [6.45, 7) is 0.350. The minimum atomic E-state index is -0.892. The van der Waals surface area contributed by atoms with E-state index >= 15 is 0 Å². The van der Waals surface area contributed by atoms with Gasteiger partial charge in [-0.25, -0.2) is 0 Å². The maximum absolute atomic E-state index is 12.6. The number of aryl methyl sites for hydroxylation is 1. The van der Waals surface area contributed by atoms with Gasteiger partial charge in [0.15, 0.2) is 6.61 Å². The third-order valence-corrected chi connectivity index (χ3v) is 8.08. The number of nitro groups is 1. The highest BCUT2D eigenvalue weighted by molar-refractivity contribution is 9.12. The van der Waals surface area contributed by atoms with Crippen molar-refractivity contribution in [3.8, 4) is 0 Å². The number of nitro benzene ring substituents is 1. The number of anilines is 1. The highest BCUT2D eigenvalue weighted by Gasteiger charge is 2.52. The van der Waals surface area contributed by atoms with Crippen LogP contribution in [0.1, 0.15) is 18.4 Å². The Labute approximate surface area is 194 Å². The number of carbonyl (C=O) groups is 4. The summed E-state index contributed by atoms with van der Waals surface area (Å²) in [5.41, 5.74) is 0.465. The van der Waals surface area contributed by atoms with Gasteiger partial charge in [-0.2, -0.15) is 0 Å². The van der Waals surface area contributed by atoms with Crippen LogP contribution in [0.2, 0.25) is 0 Å². The smallest absolute Gasteiger partial charge is 0.326 e. The molecule has 1 saturated heterocycles. The highest BCUT2D eigenvalue weighted by Crippen LogP contribution is 2.43. The summed E-state index contributed by atoms with van der Waals surface area (Å²) < 4.78 is 4.88. The number of amides is 3. The molecule has 0 aromatic heterocycles. The minimum Gasteiger partial charge on any atom is -0.454 e. The summed E-state index contributed by atoms with van der Waals surface area (Å²) >= 11 is 6.98. The molecule has 1 heterocycles. The number of imide groups is 1. The second-order valence-electron chi connectivity index (χ2n) is 7.45. The van der Waals surface area contributed by atoms with Crippen LogP contribution in [-0.2, 0) is 23.9 Å². The van der Waals surface area contributed by atoms with Crippen LogP contribution in [0.4, 0.5) is 11.4 Å². The highest BCUT2D eigenvalue weighted by atomic mass is 79.9. The zero-order valence-corrected chi connectivity index (χ0v) is 19.5. The van der Waals surface area contributed by atoms with E-state index in [9.17, 15) is 29.3 Å². The molecule has 3 rings (SSSR count). The zero-order chi connectivity index (χ0) is 22.9. The van der Waals surface area contributed by atoms with Crippen LogP contribution in [0.5, 0.6) is 0 Å². The Bertz CT molecular complexity index is 926. The van der Waals surface area contributed by atoms with Crippen LogP contribution >= 0.6 is 31.9 Å². The van der Waals surface area contributed by atoms with E-state index in [0.29, 0.717) is 18.4 Å². The number of hydrogen-bond acceptors (Lipinski definition) is 7. The monoisotopic (exact) mass is 559 g/mol. The van der Waals surface area contributed by atoms with Gasteiger partial charge in [0.25, 0.3) is 11.6 Å². The summed E-state index contributed by atoms with van der Waals surface area (Å²) in [5, 5.41) is 13.4. The molecule has 31 heavy (non-hydrogen) atoms. The van der Waals surface area contributed by atoms with Gasteiger partial charge in [0, 0.05) is 27.0 Å². The predicted molar refractivity (Wildman–Crippen MR) is 116 cm³/mol. The number of nitrogens with zero attached hydrogens (tertiary/aromatic N) is 2. The molecule has 0 spiro atoms. The number of ether oxygens (including phenoxy) is 1. The molecule has 0 unspecified atom stereocenters. The first-order chi connectivity index (χ1) is 14.6. The SMILES string of the molecule is Cc1ccc(NC(=O)COC(=O)CN2C(=O)[C@@H]3C[C@@H](Br)[C@@H](Br)C[C@H]3C2=O)cc1[N+](=O)[O-]. The Morgan fingerprint density at radius 3 is 2.32 bits per heavy atom. The number of nitrogens with one attached hydrogen (secondary N) is 1. The summed E-state index contributed by atoms with van der Waals surface area (Å²) in [7, 11) is 0. The molecule has 0 radical (unpaired) electrons. The van der Waals surface area contributed by atoms with E-state index < -0.39 is 53.6 Å². The molecule has 166 valence electrons. The van der Waals surface area contributed by atoms with Crippen molar-refractivity contribution in [2.24, 2.45) is 11.8 Å². The quantitative estimate of drug-likeness (QED) is 0.185. The van der Waals surface area contributed by atoms with Crippen molar-refractivity contribution in [3.63, 3.8) is 0 Å². The fourth-order valence-corrected chi connectivity index (χ4v) is 4.96. The fourth-order valence-electron chi connectivity index (χ4n) is 3.72. The summed E-state index contributed by atoms with van der Waals surface area (Å²) in [6.07, 6.45) is 0.976. The van der Waals surface area contributed by atoms with Crippen LogP contribution in [-0.4, -0.2) is 56.3 Å². The maximum Gasteiger partial charge on any atom is 0.326 e. The second kappa shape index (κ2) is 9.43. The number of rotatable bonds is 6. The molecule has 2 fully saturated rings. The Morgan fingerprint density at radius 2 is 1.77 bits per heavy atom. The number of benzene rings is 1. The van der Waals surface area contributed by atoms with Crippen molar-refractivity contribution in [3.05, 3.63) is 33.9 Å². The van der Waals surface area contributed by atoms with Gasteiger partial charge in [0.1, 0.15) is 6.54 Å². The summed E-state index contributed by atoms with van der Waals surface area (Å²) in [4.78, 5) is 60.7. The van der Waals surface area contributed by atoms with Crippen LogP contribution in [0, 0.1) is 28.9 Å². The lowest BCUT2D eigenvalue weighted by molar-refractivity contribution is -0.385. The molecule has 1 aromatic carbocycles. The van der Waals surface area contributed by atoms with Crippen molar-refractivity contribution in [1.82, 2.24) is 4.90 Å². The molecule has 10 nitrogen and oxygen atoms in total. The Kier molecular flexibility index (Phi) is 7.10. The Balaban J connectivity index is 1.53. The molecule has 1 N–H and O–H groups in total. The number of alkyl halides is 2. The number of esters is 1. The Hall–Kier alpha value is -2.34. The molecule has 1 aliphatic carbocycles. The first kappa shape index (κ1) is 23.3. The number of carbonyl (C=O) groups excluding carboxylic acids is 4. The molecule has 2 aliphatic rings. The third-order valence-electron chi connectivity index (χ3n) is 5.34. The average molecular weight is 561 g/mol. The van der Waals surface area contributed by atoms with Gasteiger partial charge in [-0.05, 0) is 25.8 Å². The molecule has 3 amide bonds. The molecule has 0 bridgehead atoms. The lowest BCUT2D eigenvalue weighted by Gasteiger charge is -2.29.